The van der Waals surface area contributed by atoms with Crippen molar-refractivity contribution in [3.8, 4) is 23.0 Å². The first-order valence-electron chi connectivity index (χ1n) is 14.7. The van der Waals surface area contributed by atoms with Crippen LogP contribution in [0, 0.1) is 5.92 Å². The molecule has 230 valence electrons. The lowest BCUT2D eigenvalue weighted by Gasteiger charge is -2.30. The zero-order chi connectivity index (χ0) is 30.1. The Kier molecular flexibility index (Phi) is 11.3. The molecule has 1 saturated heterocycles. The Morgan fingerprint density at radius 1 is 1.12 bits per heavy atom. The second kappa shape index (κ2) is 15.1. The van der Waals surface area contributed by atoms with Crippen molar-refractivity contribution in [2.45, 2.75) is 51.2 Å². The first-order chi connectivity index (χ1) is 20.4. The number of aliphatic carboxylic acids is 1. The number of amides is 1. The molecule has 4 rings (SSSR count). The summed E-state index contributed by atoms with van der Waals surface area (Å²) in [5, 5.41) is 20.5. The number of carboxylic acid groups (broad SMARTS) is 1. The second-order valence-corrected chi connectivity index (χ2v) is 10.7. The van der Waals surface area contributed by atoms with Crippen LogP contribution in [0.4, 0.5) is 0 Å². The molecule has 2 aromatic carbocycles. The van der Waals surface area contributed by atoms with Crippen molar-refractivity contribution in [3.05, 3.63) is 47.5 Å². The Morgan fingerprint density at radius 3 is 2.57 bits per heavy atom. The number of hydrogen-bond acceptors (Lipinski definition) is 9. The van der Waals surface area contributed by atoms with Crippen LogP contribution in [0.5, 0.6) is 23.0 Å². The molecule has 2 aromatic rings. The molecule has 1 amide bonds. The number of aliphatic hydroxyl groups is 1. The number of nitrogens with zero attached hydrogens (tertiary/aromatic N) is 2. The Labute approximate surface area is 247 Å². The summed E-state index contributed by atoms with van der Waals surface area (Å²) in [6.07, 6.45) is 3.49. The van der Waals surface area contributed by atoms with Gasteiger partial charge < -0.3 is 39.8 Å². The molecule has 11 heteroatoms. The van der Waals surface area contributed by atoms with E-state index in [-0.39, 0.29) is 32.5 Å². The molecule has 0 aliphatic carbocycles. The van der Waals surface area contributed by atoms with Gasteiger partial charge in [-0.25, -0.2) is 0 Å². The maximum Gasteiger partial charge on any atom is 0.308 e. The Hall–Kier alpha value is -3.54. The van der Waals surface area contributed by atoms with Crippen LogP contribution in [-0.4, -0.2) is 91.2 Å². The maximum absolute atomic E-state index is 13.7. The van der Waals surface area contributed by atoms with Crippen molar-refractivity contribution in [1.82, 2.24) is 9.80 Å². The maximum atomic E-state index is 13.7. The summed E-state index contributed by atoms with van der Waals surface area (Å²) in [6, 6.07) is 10.1. The molecular weight excluding hydrogens is 542 g/mol. The molecule has 0 bridgehead atoms. The number of unbranched alkanes of at least 4 members (excludes halogenated alkanes) is 2. The highest BCUT2D eigenvalue weighted by Gasteiger charge is 2.48. The van der Waals surface area contributed by atoms with E-state index in [1.165, 1.54) is 0 Å². The summed E-state index contributed by atoms with van der Waals surface area (Å²) in [4.78, 5) is 30.3. The van der Waals surface area contributed by atoms with Crippen LogP contribution >= 0.6 is 0 Å². The third-order valence-corrected chi connectivity index (χ3v) is 8.04. The number of methoxy groups -OCH3 is 1. The Balaban J connectivity index is 1.64. The first kappa shape index (κ1) is 31.4. The van der Waals surface area contributed by atoms with Gasteiger partial charge in [-0.05, 0) is 55.6 Å². The number of aliphatic hydroxyl groups excluding tert-OH is 1. The number of carbonyl (C=O) groups excluding carboxylic acids is 1. The van der Waals surface area contributed by atoms with E-state index in [1.807, 2.05) is 21.9 Å². The number of benzene rings is 2. The predicted octanol–water partition coefficient (Wildman–Crippen LogP) is 2.83. The van der Waals surface area contributed by atoms with Gasteiger partial charge in [-0.2, -0.15) is 0 Å². The summed E-state index contributed by atoms with van der Waals surface area (Å²) < 4.78 is 22.7. The molecule has 2 aliphatic heterocycles. The molecule has 4 N–H and O–H groups in total. The van der Waals surface area contributed by atoms with E-state index in [0.29, 0.717) is 60.3 Å². The van der Waals surface area contributed by atoms with E-state index in [2.05, 4.69) is 6.92 Å². The van der Waals surface area contributed by atoms with Crippen LogP contribution in [0.1, 0.15) is 49.7 Å². The van der Waals surface area contributed by atoms with Crippen molar-refractivity contribution >= 4 is 11.9 Å². The van der Waals surface area contributed by atoms with E-state index in [9.17, 15) is 19.8 Å². The van der Waals surface area contributed by atoms with Crippen LogP contribution in [0.2, 0.25) is 0 Å². The van der Waals surface area contributed by atoms with Gasteiger partial charge in [0.15, 0.2) is 23.0 Å². The minimum absolute atomic E-state index is 0.0343. The summed E-state index contributed by atoms with van der Waals surface area (Å²) in [6.45, 7) is 4.08. The van der Waals surface area contributed by atoms with Gasteiger partial charge >= 0.3 is 5.97 Å². The second-order valence-electron chi connectivity index (χ2n) is 10.7. The molecule has 0 spiro atoms. The van der Waals surface area contributed by atoms with Gasteiger partial charge in [-0.3, -0.25) is 14.5 Å². The van der Waals surface area contributed by atoms with Crippen LogP contribution in [-0.2, 0) is 16.2 Å². The number of nitrogens with two attached hydrogens (primary N) is 1. The van der Waals surface area contributed by atoms with E-state index in [0.717, 1.165) is 25.7 Å². The number of fused-ring (bicyclic) bond motifs is 1. The quantitative estimate of drug-likeness (QED) is 0.252. The number of carbonyl (C=O) groups is 2. The van der Waals surface area contributed by atoms with Gasteiger partial charge in [0.1, 0.15) is 6.61 Å². The summed E-state index contributed by atoms with van der Waals surface area (Å²) in [5.74, 6) is -0.428. The fourth-order valence-electron chi connectivity index (χ4n) is 5.82. The lowest BCUT2D eigenvalue weighted by Crippen LogP contribution is -2.46. The molecule has 2 aliphatic rings. The number of rotatable bonds is 16. The Bertz CT molecular complexity index is 1210. The largest absolute Gasteiger partial charge is 0.493 e. The third kappa shape index (κ3) is 7.26. The smallest absolute Gasteiger partial charge is 0.308 e. The van der Waals surface area contributed by atoms with Crippen molar-refractivity contribution < 1.29 is 38.7 Å². The minimum Gasteiger partial charge on any atom is -0.493 e. The highest BCUT2D eigenvalue weighted by atomic mass is 16.7. The summed E-state index contributed by atoms with van der Waals surface area (Å²) in [5.41, 5.74) is 6.93. The monoisotopic (exact) mass is 585 g/mol. The zero-order valence-electron chi connectivity index (χ0n) is 24.5. The van der Waals surface area contributed by atoms with Gasteiger partial charge in [0.2, 0.25) is 12.7 Å². The molecule has 0 aromatic heterocycles. The molecule has 42 heavy (non-hydrogen) atoms. The average Bonchev–Trinajstić information content (AvgIpc) is 3.62. The third-order valence-electron chi connectivity index (χ3n) is 8.04. The normalized spacial score (nSPS) is 19.6. The van der Waals surface area contributed by atoms with E-state index in [4.69, 9.17) is 24.7 Å². The van der Waals surface area contributed by atoms with Crippen LogP contribution < -0.4 is 24.7 Å². The van der Waals surface area contributed by atoms with Crippen molar-refractivity contribution in [2.75, 3.05) is 53.2 Å². The van der Waals surface area contributed by atoms with E-state index >= 15 is 0 Å². The van der Waals surface area contributed by atoms with E-state index < -0.39 is 23.8 Å². The minimum atomic E-state index is -0.988. The molecule has 11 nitrogen and oxygen atoms in total. The van der Waals surface area contributed by atoms with Gasteiger partial charge in [0.25, 0.3) is 0 Å². The van der Waals surface area contributed by atoms with Gasteiger partial charge in [0.05, 0.1) is 32.2 Å². The molecule has 0 saturated carbocycles. The number of ether oxygens (including phenoxy) is 4. The van der Waals surface area contributed by atoms with Gasteiger partial charge in [0, 0.05) is 31.1 Å². The topological polar surface area (TPSA) is 144 Å². The summed E-state index contributed by atoms with van der Waals surface area (Å²) in [7, 11) is 1.55. The first-order valence-corrected chi connectivity index (χ1v) is 14.7. The molecule has 0 unspecified atom stereocenters. The lowest BCUT2D eigenvalue weighted by atomic mass is 9.84. The molecule has 2 heterocycles. The number of carboxylic acids is 1. The standard InChI is InChI=1S/C31H43N3O8/c1-3-4-12-33(13-8-7-11-32)28(36)17-34-16-23(21-14-22(18-35)30-27(15-21)41-20-42-30)29(31(37)38)24(34)19-40-26-10-6-5-9-25(26)39-2/h5-6,9-10,14-15,23-24,29,35H,3-4,7-8,11-13,16-20,32H2,1-2H3,(H,37,38)/t23-,24+,29-/m1/s1. The van der Waals surface area contributed by atoms with E-state index in [1.54, 1.807) is 31.4 Å². The fourth-order valence-corrected chi connectivity index (χ4v) is 5.82. The van der Waals surface area contributed by atoms with Crippen molar-refractivity contribution in [2.24, 2.45) is 11.7 Å². The van der Waals surface area contributed by atoms with Crippen LogP contribution in [0.3, 0.4) is 0 Å². The molecule has 3 atom stereocenters. The highest BCUT2D eigenvalue weighted by molar-refractivity contribution is 5.79. The van der Waals surface area contributed by atoms with Crippen LogP contribution in [0.15, 0.2) is 36.4 Å². The summed E-state index contributed by atoms with van der Waals surface area (Å²) >= 11 is 0. The molecule has 0 radical (unpaired) electrons. The lowest BCUT2D eigenvalue weighted by molar-refractivity contribution is -0.144. The average molecular weight is 586 g/mol. The predicted molar refractivity (Wildman–Crippen MR) is 156 cm³/mol. The molecular formula is C31H43N3O8. The van der Waals surface area contributed by atoms with Gasteiger partial charge in [-0.15, -0.1) is 0 Å². The SMILES string of the molecule is CCCCN(CCCCN)C(=O)CN1C[C@H](c2cc(CO)c3c(c2)OCO3)[C@@H](C(=O)O)[C@@H]1COc1ccccc1OC. The number of hydrogen-bond donors (Lipinski definition) is 3. The fraction of sp³-hybridized carbons (Fsp3) is 0.548. The van der Waals surface area contributed by atoms with Crippen molar-refractivity contribution in [1.29, 1.82) is 0 Å². The van der Waals surface area contributed by atoms with Crippen LogP contribution in [0.25, 0.3) is 0 Å². The zero-order valence-corrected chi connectivity index (χ0v) is 24.5. The highest BCUT2D eigenvalue weighted by Crippen LogP contribution is 2.44. The van der Waals surface area contributed by atoms with Crippen molar-refractivity contribution in [3.63, 3.8) is 0 Å². The number of likely N-dealkylation sites (tertiary alicyclic amines) is 1. The van der Waals surface area contributed by atoms with Gasteiger partial charge in [-0.1, -0.05) is 25.5 Å². The number of para-hydroxylation sites is 2. The Morgan fingerprint density at radius 2 is 1.88 bits per heavy atom. The molecule has 1 fully saturated rings.